The Balaban J connectivity index is 1.90. The number of carbonyl (C=O) groups excluding carboxylic acids is 2. The number of benzene rings is 2. The van der Waals surface area contributed by atoms with Gasteiger partial charge in [0.15, 0.2) is 6.61 Å². The number of likely N-dealkylation sites (N-methyl/N-ethyl adjacent to an activating group) is 1. The van der Waals surface area contributed by atoms with E-state index in [1.54, 1.807) is 31.1 Å². The largest absolute Gasteiger partial charge is 0.484 e. The summed E-state index contributed by atoms with van der Waals surface area (Å²) in [6, 6.07) is 13.1. The number of hydrogen-bond donors (Lipinski definition) is 1. The predicted octanol–water partition coefficient (Wildman–Crippen LogP) is 3.52. The molecule has 0 aliphatic rings. The molecule has 0 heterocycles. The molecule has 144 valence electrons. The van der Waals surface area contributed by atoms with Crippen molar-refractivity contribution in [1.29, 1.82) is 0 Å². The molecule has 2 amide bonds. The van der Waals surface area contributed by atoms with Crippen molar-refractivity contribution in [1.82, 2.24) is 10.2 Å². The van der Waals surface area contributed by atoms with Crippen LogP contribution >= 0.6 is 0 Å². The highest BCUT2D eigenvalue weighted by atomic mass is 16.5. The molecule has 0 radical (unpaired) electrons. The first-order valence-corrected chi connectivity index (χ1v) is 9.10. The summed E-state index contributed by atoms with van der Waals surface area (Å²) < 4.78 is 5.66. The van der Waals surface area contributed by atoms with E-state index in [-0.39, 0.29) is 18.4 Å². The Morgan fingerprint density at radius 1 is 1.11 bits per heavy atom. The second kappa shape index (κ2) is 9.21. The van der Waals surface area contributed by atoms with Crippen LogP contribution in [0.1, 0.15) is 46.8 Å². The Kier molecular flexibility index (Phi) is 6.99. The highest BCUT2D eigenvalue weighted by Gasteiger charge is 2.12. The molecule has 2 rings (SSSR count). The first kappa shape index (κ1) is 20.5. The maximum absolute atomic E-state index is 12.3. The number of carbonyl (C=O) groups is 2. The van der Waals surface area contributed by atoms with Crippen molar-refractivity contribution in [2.45, 2.75) is 33.2 Å². The SMILES string of the molecule is CNC(=O)c1ccc(CN(C)C(=O)COc2ccc(C(C)C)c(C)c2)cc1. The van der Waals surface area contributed by atoms with E-state index < -0.39 is 0 Å². The number of rotatable bonds is 7. The third kappa shape index (κ3) is 5.58. The maximum atomic E-state index is 12.3. The monoisotopic (exact) mass is 368 g/mol. The molecular weight excluding hydrogens is 340 g/mol. The highest BCUT2D eigenvalue weighted by Crippen LogP contribution is 2.23. The number of ether oxygens (including phenoxy) is 1. The van der Waals surface area contributed by atoms with Crippen LogP contribution in [0.5, 0.6) is 5.75 Å². The molecule has 0 bridgehead atoms. The van der Waals surface area contributed by atoms with Crippen molar-refractivity contribution in [3.8, 4) is 5.75 Å². The first-order chi connectivity index (χ1) is 12.8. The van der Waals surface area contributed by atoms with Gasteiger partial charge in [0.25, 0.3) is 11.8 Å². The number of amides is 2. The summed E-state index contributed by atoms with van der Waals surface area (Å²) >= 11 is 0. The molecule has 0 saturated heterocycles. The zero-order valence-corrected chi connectivity index (χ0v) is 16.7. The molecule has 2 aromatic carbocycles. The summed E-state index contributed by atoms with van der Waals surface area (Å²) in [5, 5.41) is 2.59. The molecule has 0 aliphatic heterocycles. The lowest BCUT2D eigenvalue weighted by molar-refractivity contribution is -0.132. The van der Waals surface area contributed by atoms with Gasteiger partial charge >= 0.3 is 0 Å². The van der Waals surface area contributed by atoms with Crippen LogP contribution in [0, 0.1) is 6.92 Å². The zero-order valence-electron chi connectivity index (χ0n) is 16.7. The van der Waals surface area contributed by atoms with Crippen LogP contribution in [0.4, 0.5) is 0 Å². The second-order valence-electron chi connectivity index (χ2n) is 6.99. The van der Waals surface area contributed by atoms with Crippen molar-refractivity contribution in [3.05, 3.63) is 64.7 Å². The van der Waals surface area contributed by atoms with E-state index in [4.69, 9.17) is 4.74 Å². The topological polar surface area (TPSA) is 58.6 Å². The van der Waals surface area contributed by atoms with E-state index in [0.717, 1.165) is 5.56 Å². The third-order valence-corrected chi connectivity index (χ3v) is 4.51. The normalized spacial score (nSPS) is 10.6. The van der Waals surface area contributed by atoms with Crippen molar-refractivity contribution >= 4 is 11.8 Å². The fourth-order valence-electron chi connectivity index (χ4n) is 2.91. The number of hydrogen-bond acceptors (Lipinski definition) is 3. The minimum Gasteiger partial charge on any atom is -0.484 e. The van der Waals surface area contributed by atoms with Gasteiger partial charge < -0.3 is 15.0 Å². The van der Waals surface area contributed by atoms with Crippen LogP contribution < -0.4 is 10.1 Å². The van der Waals surface area contributed by atoms with Crippen LogP contribution in [0.3, 0.4) is 0 Å². The molecule has 0 saturated carbocycles. The standard InChI is InChI=1S/C22H28N2O3/c1-15(2)20-11-10-19(12-16(20)3)27-14-21(25)24(5)13-17-6-8-18(9-7-17)22(26)23-4/h6-12,15H,13-14H2,1-5H3,(H,23,26). The molecule has 0 aliphatic carbocycles. The van der Waals surface area contributed by atoms with Gasteiger partial charge in [0.2, 0.25) is 0 Å². The Morgan fingerprint density at radius 3 is 2.33 bits per heavy atom. The van der Waals surface area contributed by atoms with Crippen molar-refractivity contribution in [2.24, 2.45) is 0 Å². The van der Waals surface area contributed by atoms with Gasteiger partial charge in [-0.1, -0.05) is 32.0 Å². The lowest BCUT2D eigenvalue weighted by Gasteiger charge is -2.18. The van der Waals surface area contributed by atoms with E-state index in [0.29, 0.717) is 23.8 Å². The van der Waals surface area contributed by atoms with Gasteiger partial charge in [-0.3, -0.25) is 9.59 Å². The molecule has 0 aromatic heterocycles. The van der Waals surface area contributed by atoms with Crippen LogP contribution in [0.2, 0.25) is 0 Å². The van der Waals surface area contributed by atoms with Gasteiger partial charge in [0, 0.05) is 26.2 Å². The Bertz CT molecular complexity index is 798. The maximum Gasteiger partial charge on any atom is 0.260 e. The van der Waals surface area contributed by atoms with Gasteiger partial charge in [0.1, 0.15) is 5.75 Å². The molecule has 5 heteroatoms. The Labute approximate surface area is 161 Å². The summed E-state index contributed by atoms with van der Waals surface area (Å²) in [5.41, 5.74) is 4.00. The summed E-state index contributed by atoms with van der Waals surface area (Å²) in [6.45, 7) is 6.82. The molecule has 0 unspecified atom stereocenters. The summed E-state index contributed by atoms with van der Waals surface area (Å²) in [5.74, 6) is 0.935. The second-order valence-corrected chi connectivity index (χ2v) is 6.99. The minimum absolute atomic E-state index is 0.00666. The molecule has 0 fully saturated rings. The Hall–Kier alpha value is -2.82. The summed E-state index contributed by atoms with van der Waals surface area (Å²) in [7, 11) is 3.34. The van der Waals surface area contributed by atoms with Gasteiger partial charge in [-0.2, -0.15) is 0 Å². The van der Waals surface area contributed by atoms with Crippen molar-refractivity contribution in [3.63, 3.8) is 0 Å². The van der Waals surface area contributed by atoms with Gasteiger partial charge in [-0.15, -0.1) is 0 Å². The van der Waals surface area contributed by atoms with Crippen molar-refractivity contribution in [2.75, 3.05) is 20.7 Å². The third-order valence-electron chi connectivity index (χ3n) is 4.51. The van der Waals surface area contributed by atoms with E-state index in [1.807, 2.05) is 24.3 Å². The van der Waals surface area contributed by atoms with Crippen LogP contribution in [-0.2, 0) is 11.3 Å². The highest BCUT2D eigenvalue weighted by molar-refractivity contribution is 5.93. The molecule has 5 nitrogen and oxygen atoms in total. The zero-order chi connectivity index (χ0) is 20.0. The van der Waals surface area contributed by atoms with Crippen molar-refractivity contribution < 1.29 is 14.3 Å². The lowest BCUT2D eigenvalue weighted by atomic mass is 9.98. The average molecular weight is 368 g/mol. The molecule has 1 N–H and O–H groups in total. The van der Waals surface area contributed by atoms with Crippen LogP contribution in [0.15, 0.2) is 42.5 Å². The first-order valence-electron chi connectivity index (χ1n) is 9.10. The van der Waals surface area contributed by atoms with E-state index in [9.17, 15) is 9.59 Å². The van der Waals surface area contributed by atoms with Crippen LogP contribution in [0.25, 0.3) is 0 Å². The summed E-state index contributed by atoms with van der Waals surface area (Å²) in [4.78, 5) is 25.5. The molecular formula is C22H28N2O3. The number of nitrogens with one attached hydrogen (secondary N) is 1. The van der Waals surface area contributed by atoms with E-state index >= 15 is 0 Å². The summed E-state index contributed by atoms with van der Waals surface area (Å²) in [6.07, 6.45) is 0. The smallest absolute Gasteiger partial charge is 0.260 e. The number of aryl methyl sites for hydroxylation is 1. The minimum atomic E-state index is -0.127. The predicted molar refractivity (Wildman–Crippen MR) is 107 cm³/mol. The molecule has 0 atom stereocenters. The molecule has 2 aromatic rings. The average Bonchev–Trinajstić information content (AvgIpc) is 2.65. The van der Waals surface area contributed by atoms with E-state index in [1.165, 1.54) is 11.1 Å². The Morgan fingerprint density at radius 2 is 1.78 bits per heavy atom. The number of nitrogens with zero attached hydrogens (tertiary/aromatic N) is 1. The molecule has 27 heavy (non-hydrogen) atoms. The fraction of sp³-hybridized carbons (Fsp3) is 0.364. The molecule has 0 spiro atoms. The van der Waals surface area contributed by atoms with Gasteiger partial charge in [-0.05, 0) is 53.8 Å². The van der Waals surface area contributed by atoms with Gasteiger partial charge in [0.05, 0.1) is 0 Å². The van der Waals surface area contributed by atoms with Crippen LogP contribution in [-0.4, -0.2) is 37.4 Å². The fourth-order valence-corrected chi connectivity index (χ4v) is 2.91. The lowest BCUT2D eigenvalue weighted by Crippen LogP contribution is -2.31. The van der Waals surface area contributed by atoms with Gasteiger partial charge in [-0.25, -0.2) is 0 Å². The quantitative estimate of drug-likeness (QED) is 0.813. The van der Waals surface area contributed by atoms with E-state index in [2.05, 4.69) is 32.2 Å².